The zero-order valence-corrected chi connectivity index (χ0v) is 9.54. The molecule has 0 aromatic heterocycles. The molecule has 0 bridgehead atoms. The predicted octanol–water partition coefficient (Wildman–Crippen LogP) is 2.96. The number of rotatable bonds is 5. The number of benzene rings is 1. The molecule has 1 unspecified atom stereocenters. The normalized spacial score (nSPS) is 12.6. The highest BCUT2D eigenvalue weighted by Gasteiger charge is 2.26. The lowest BCUT2D eigenvalue weighted by Crippen LogP contribution is -2.19. The van der Waals surface area contributed by atoms with Crippen molar-refractivity contribution >= 4 is 5.69 Å². The Labute approximate surface area is 100 Å². The Bertz CT molecular complexity index is 409. The van der Waals surface area contributed by atoms with Crippen LogP contribution in [0.5, 0.6) is 0 Å². The highest BCUT2D eigenvalue weighted by molar-refractivity contribution is 5.48. The zero-order chi connectivity index (χ0) is 13.9. The van der Waals surface area contributed by atoms with Gasteiger partial charge in [0.2, 0.25) is 5.82 Å². The van der Waals surface area contributed by atoms with Crippen molar-refractivity contribution in [3.05, 3.63) is 29.1 Å². The van der Waals surface area contributed by atoms with E-state index in [9.17, 15) is 22.0 Å². The van der Waals surface area contributed by atoms with Crippen molar-refractivity contribution in [3.8, 4) is 0 Å². The molecule has 1 aromatic carbocycles. The van der Waals surface area contributed by atoms with Crippen LogP contribution < -0.4 is 5.32 Å². The van der Waals surface area contributed by atoms with Crippen LogP contribution in [0.25, 0.3) is 0 Å². The molecular weight excluding hydrogens is 257 g/mol. The third-order valence-electron chi connectivity index (χ3n) is 2.40. The fourth-order valence-corrected chi connectivity index (χ4v) is 1.45. The summed E-state index contributed by atoms with van der Waals surface area (Å²) in [6.45, 7) is 1.39. The van der Waals surface area contributed by atoms with Crippen LogP contribution >= 0.6 is 0 Å². The minimum absolute atomic E-state index is 0.122. The number of hydrogen-bond donors (Lipinski definition) is 2. The Morgan fingerprint density at radius 2 is 1.39 bits per heavy atom. The van der Waals surface area contributed by atoms with Gasteiger partial charge in [-0.3, -0.25) is 0 Å². The lowest BCUT2D eigenvalue weighted by atomic mass is 10.1. The smallest absolute Gasteiger partial charge is 0.200 e. The number of aliphatic hydroxyl groups is 1. The van der Waals surface area contributed by atoms with E-state index in [0.717, 1.165) is 0 Å². The van der Waals surface area contributed by atoms with Gasteiger partial charge in [0.05, 0.1) is 0 Å². The summed E-state index contributed by atoms with van der Waals surface area (Å²) in [6, 6.07) is -0.537. The third-order valence-corrected chi connectivity index (χ3v) is 2.40. The number of aliphatic hydroxyl groups excluding tert-OH is 1. The summed E-state index contributed by atoms with van der Waals surface area (Å²) in [7, 11) is 0. The molecule has 0 aliphatic carbocycles. The first-order chi connectivity index (χ1) is 8.40. The Kier molecular flexibility index (Phi) is 4.89. The van der Waals surface area contributed by atoms with Crippen molar-refractivity contribution < 1.29 is 27.1 Å². The molecule has 0 spiro atoms. The summed E-state index contributed by atoms with van der Waals surface area (Å²) in [5, 5.41) is 10.8. The lowest BCUT2D eigenvalue weighted by molar-refractivity contribution is 0.282. The molecule has 0 amide bonds. The van der Waals surface area contributed by atoms with Crippen molar-refractivity contribution in [3.63, 3.8) is 0 Å². The number of hydrogen-bond acceptors (Lipinski definition) is 2. The molecule has 7 heteroatoms. The first-order valence-electron chi connectivity index (χ1n) is 5.29. The minimum atomic E-state index is -2.18. The van der Waals surface area contributed by atoms with Crippen LogP contribution in [-0.2, 0) is 0 Å². The average molecular weight is 269 g/mol. The maximum absolute atomic E-state index is 13.3. The second-order valence-electron chi connectivity index (χ2n) is 3.86. The van der Waals surface area contributed by atoms with E-state index in [1.165, 1.54) is 6.92 Å². The molecule has 0 saturated heterocycles. The highest BCUT2D eigenvalue weighted by Crippen LogP contribution is 2.27. The summed E-state index contributed by atoms with van der Waals surface area (Å²) < 4.78 is 65.0. The van der Waals surface area contributed by atoms with Crippen molar-refractivity contribution in [1.82, 2.24) is 0 Å². The second kappa shape index (κ2) is 5.99. The van der Waals surface area contributed by atoms with Crippen LogP contribution in [0.15, 0.2) is 0 Å². The molecule has 0 fully saturated rings. The molecule has 2 nitrogen and oxygen atoms in total. The van der Waals surface area contributed by atoms with E-state index >= 15 is 0 Å². The van der Waals surface area contributed by atoms with Crippen LogP contribution in [0.1, 0.15) is 19.8 Å². The van der Waals surface area contributed by atoms with Crippen LogP contribution in [-0.4, -0.2) is 17.8 Å². The predicted molar refractivity (Wildman–Crippen MR) is 55.6 cm³/mol. The summed E-state index contributed by atoms with van der Waals surface area (Å²) in [6.07, 6.45) is 0.680. The van der Waals surface area contributed by atoms with E-state index in [-0.39, 0.29) is 6.61 Å². The van der Waals surface area contributed by atoms with Gasteiger partial charge in [-0.25, -0.2) is 22.0 Å². The van der Waals surface area contributed by atoms with Crippen molar-refractivity contribution in [1.29, 1.82) is 0 Å². The lowest BCUT2D eigenvalue weighted by Gasteiger charge is -2.16. The Morgan fingerprint density at radius 3 is 1.83 bits per heavy atom. The number of halogens is 5. The van der Waals surface area contributed by atoms with Gasteiger partial charge in [-0.1, -0.05) is 0 Å². The third kappa shape index (κ3) is 2.90. The number of anilines is 1. The van der Waals surface area contributed by atoms with Gasteiger partial charge in [0, 0.05) is 12.6 Å². The van der Waals surface area contributed by atoms with Gasteiger partial charge < -0.3 is 10.4 Å². The van der Waals surface area contributed by atoms with E-state index < -0.39 is 40.8 Å². The molecule has 0 aliphatic rings. The summed E-state index contributed by atoms with van der Waals surface area (Å²) in [5.74, 6) is -9.92. The SMILES string of the molecule is CC(CCCO)Nc1c(F)c(F)c(F)c(F)c1F. The van der Waals surface area contributed by atoms with E-state index in [1.807, 2.05) is 0 Å². The maximum atomic E-state index is 13.3. The molecule has 0 heterocycles. The number of nitrogens with one attached hydrogen (secondary N) is 1. The van der Waals surface area contributed by atoms with Gasteiger partial charge in [-0.15, -0.1) is 0 Å². The van der Waals surface area contributed by atoms with Crippen molar-refractivity contribution in [2.45, 2.75) is 25.8 Å². The van der Waals surface area contributed by atoms with Crippen LogP contribution in [0.4, 0.5) is 27.6 Å². The molecule has 0 aliphatic heterocycles. The monoisotopic (exact) mass is 269 g/mol. The van der Waals surface area contributed by atoms with Crippen LogP contribution in [0, 0.1) is 29.1 Å². The molecule has 1 rings (SSSR count). The molecule has 1 atom stereocenters. The fourth-order valence-electron chi connectivity index (χ4n) is 1.45. The van der Waals surface area contributed by atoms with Gasteiger partial charge >= 0.3 is 0 Å². The highest BCUT2D eigenvalue weighted by atomic mass is 19.2. The minimum Gasteiger partial charge on any atom is -0.396 e. The first-order valence-corrected chi connectivity index (χ1v) is 5.29. The summed E-state index contributed by atoms with van der Waals surface area (Å²) in [4.78, 5) is 0. The van der Waals surface area contributed by atoms with E-state index in [0.29, 0.717) is 12.8 Å². The van der Waals surface area contributed by atoms with Gasteiger partial charge in [-0.2, -0.15) is 0 Å². The van der Waals surface area contributed by atoms with Gasteiger partial charge in [0.15, 0.2) is 23.3 Å². The molecule has 18 heavy (non-hydrogen) atoms. The Hall–Kier alpha value is -1.37. The van der Waals surface area contributed by atoms with E-state index in [2.05, 4.69) is 5.32 Å². The molecule has 1 aromatic rings. The maximum Gasteiger partial charge on any atom is 0.200 e. The van der Waals surface area contributed by atoms with Gasteiger partial charge in [0.25, 0.3) is 0 Å². The molecule has 0 radical (unpaired) electrons. The van der Waals surface area contributed by atoms with Gasteiger partial charge in [0.1, 0.15) is 5.69 Å². The quantitative estimate of drug-likeness (QED) is 0.489. The van der Waals surface area contributed by atoms with E-state index in [1.54, 1.807) is 0 Å². The summed E-state index contributed by atoms with van der Waals surface area (Å²) in [5.41, 5.74) is -1.04. The van der Waals surface area contributed by atoms with Crippen LogP contribution in [0.2, 0.25) is 0 Å². The Balaban J connectivity index is 3.02. The van der Waals surface area contributed by atoms with Crippen LogP contribution in [0.3, 0.4) is 0 Å². The summed E-state index contributed by atoms with van der Waals surface area (Å²) >= 11 is 0. The Morgan fingerprint density at radius 1 is 0.944 bits per heavy atom. The molecule has 0 saturated carbocycles. The topological polar surface area (TPSA) is 32.3 Å². The molecule has 2 N–H and O–H groups in total. The van der Waals surface area contributed by atoms with Crippen molar-refractivity contribution in [2.75, 3.05) is 11.9 Å². The zero-order valence-electron chi connectivity index (χ0n) is 9.54. The van der Waals surface area contributed by atoms with Gasteiger partial charge in [-0.05, 0) is 19.8 Å². The van der Waals surface area contributed by atoms with Crippen molar-refractivity contribution in [2.24, 2.45) is 0 Å². The second-order valence-corrected chi connectivity index (χ2v) is 3.86. The largest absolute Gasteiger partial charge is 0.396 e. The average Bonchev–Trinajstić information content (AvgIpc) is 2.36. The molecule has 102 valence electrons. The fraction of sp³-hybridized carbons (Fsp3) is 0.455. The van der Waals surface area contributed by atoms with E-state index in [4.69, 9.17) is 5.11 Å². The standard InChI is InChI=1S/C11H12F5NO/c1-5(3-2-4-18)17-11-9(15)7(13)6(12)8(14)10(11)16/h5,17-18H,2-4H2,1H3. The molecular formula is C11H12F5NO. The first kappa shape index (κ1) is 14.7.